The van der Waals surface area contributed by atoms with Crippen LogP contribution in [0.1, 0.15) is 41.3 Å². The fourth-order valence-corrected chi connectivity index (χ4v) is 6.77. The highest BCUT2D eigenvalue weighted by atomic mass is 32.2. The summed E-state index contributed by atoms with van der Waals surface area (Å²) in [6.07, 6.45) is 3.99. The van der Waals surface area contributed by atoms with Crippen molar-refractivity contribution < 1.29 is 8.42 Å². The summed E-state index contributed by atoms with van der Waals surface area (Å²) < 4.78 is 29.3. The van der Waals surface area contributed by atoms with Crippen molar-refractivity contribution in [1.82, 2.24) is 0 Å². The summed E-state index contributed by atoms with van der Waals surface area (Å²) >= 11 is 1.63. The molecule has 152 valence electrons. The number of hydrogen-bond acceptors (Lipinski definition) is 4. The third kappa shape index (κ3) is 3.83. The van der Waals surface area contributed by atoms with Gasteiger partial charge in [-0.2, -0.15) is 0 Å². The first-order chi connectivity index (χ1) is 13.8. The lowest BCUT2D eigenvalue weighted by Crippen LogP contribution is -2.20. The molecule has 0 spiro atoms. The summed E-state index contributed by atoms with van der Waals surface area (Å²) in [7, 11) is -3.69. The van der Waals surface area contributed by atoms with Gasteiger partial charge in [-0.15, -0.1) is 11.3 Å². The fourth-order valence-electron chi connectivity index (χ4n) is 4.13. The van der Waals surface area contributed by atoms with Gasteiger partial charge in [-0.05, 0) is 68.9 Å². The van der Waals surface area contributed by atoms with Gasteiger partial charge < -0.3 is 0 Å². The summed E-state index contributed by atoms with van der Waals surface area (Å²) in [5.74, 6) is 0.627. The van der Waals surface area contributed by atoms with E-state index in [-0.39, 0.29) is 10.3 Å². The first-order valence-electron chi connectivity index (χ1n) is 9.97. The van der Waals surface area contributed by atoms with Crippen molar-refractivity contribution in [2.75, 3.05) is 4.72 Å². The van der Waals surface area contributed by atoms with Gasteiger partial charge in [-0.25, -0.2) is 8.42 Å². The average molecular weight is 428 g/mol. The zero-order valence-electron chi connectivity index (χ0n) is 16.9. The van der Waals surface area contributed by atoms with Crippen LogP contribution in [0, 0.1) is 19.8 Å². The Bertz CT molecular complexity index is 1260. The molecule has 1 aliphatic rings. The van der Waals surface area contributed by atoms with E-state index < -0.39 is 10.0 Å². The zero-order chi connectivity index (χ0) is 20.8. The Labute approximate surface area is 175 Å². The summed E-state index contributed by atoms with van der Waals surface area (Å²) in [5.41, 5.74) is 3.27. The molecule has 3 aromatic rings. The van der Waals surface area contributed by atoms with E-state index in [0.717, 1.165) is 46.4 Å². The molecule has 4 nitrogen and oxygen atoms in total. The molecule has 0 amide bonds. The largest absolute Gasteiger partial charge is 0.289 e. The predicted molar refractivity (Wildman–Crippen MR) is 121 cm³/mol. The highest BCUT2D eigenvalue weighted by Crippen LogP contribution is 2.33. The highest BCUT2D eigenvalue weighted by molar-refractivity contribution is 7.92. The van der Waals surface area contributed by atoms with Gasteiger partial charge >= 0.3 is 0 Å². The van der Waals surface area contributed by atoms with Crippen molar-refractivity contribution >= 4 is 37.1 Å². The summed E-state index contributed by atoms with van der Waals surface area (Å²) in [5, 5.41) is 0.679. The van der Waals surface area contributed by atoms with E-state index in [2.05, 4.69) is 11.6 Å². The van der Waals surface area contributed by atoms with Gasteiger partial charge in [0.1, 0.15) is 0 Å². The minimum Gasteiger partial charge on any atom is -0.289 e. The Morgan fingerprint density at radius 3 is 2.66 bits per heavy atom. The molecule has 2 aromatic carbocycles. The van der Waals surface area contributed by atoms with Gasteiger partial charge in [-0.1, -0.05) is 31.0 Å². The summed E-state index contributed by atoms with van der Waals surface area (Å²) in [4.78, 5) is 14.4. The smallest absolute Gasteiger partial charge is 0.262 e. The maximum Gasteiger partial charge on any atom is 0.262 e. The van der Waals surface area contributed by atoms with Crippen LogP contribution in [0.5, 0.6) is 0 Å². The lowest BCUT2D eigenvalue weighted by molar-refractivity contribution is 0.448. The number of fused-ring (bicyclic) bond motifs is 2. The lowest BCUT2D eigenvalue weighted by Gasteiger charge is -2.22. The van der Waals surface area contributed by atoms with E-state index in [0.29, 0.717) is 22.6 Å². The van der Waals surface area contributed by atoms with Crippen LogP contribution < -0.4 is 10.2 Å². The normalized spacial score (nSPS) is 16.6. The average Bonchev–Trinajstić information content (AvgIpc) is 2.66. The third-order valence-electron chi connectivity index (χ3n) is 5.80. The van der Waals surface area contributed by atoms with Crippen LogP contribution in [-0.2, 0) is 22.9 Å². The van der Waals surface area contributed by atoms with Crippen LogP contribution in [-0.4, -0.2) is 8.42 Å². The molecule has 0 saturated heterocycles. The van der Waals surface area contributed by atoms with Crippen LogP contribution in [0.15, 0.2) is 46.1 Å². The van der Waals surface area contributed by atoms with E-state index in [4.69, 9.17) is 0 Å². The second-order valence-electron chi connectivity index (χ2n) is 7.94. The molecule has 1 N–H and O–H groups in total. The van der Waals surface area contributed by atoms with Gasteiger partial charge in [0.25, 0.3) is 10.0 Å². The quantitative estimate of drug-likeness (QED) is 0.623. The Balaban J connectivity index is 1.73. The van der Waals surface area contributed by atoms with Gasteiger partial charge in [0.15, 0.2) is 5.43 Å². The van der Waals surface area contributed by atoms with Crippen molar-refractivity contribution in [1.29, 1.82) is 0 Å². The lowest BCUT2D eigenvalue weighted by atomic mass is 9.87. The van der Waals surface area contributed by atoms with E-state index in [9.17, 15) is 13.2 Å². The first-order valence-corrected chi connectivity index (χ1v) is 12.3. The van der Waals surface area contributed by atoms with Crippen molar-refractivity contribution in [3.8, 4) is 0 Å². The SMILES string of the molecule is CCC1CCc2c(sc3cc(NS(=O)(=O)c4ccc(C)cc4C)ccc3c2=O)C1. The van der Waals surface area contributed by atoms with E-state index in [1.807, 2.05) is 13.0 Å². The van der Waals surface area contributed by atoms with Crippen LogP contribution in [0.25, 0.3) is 10.1 Å². The minimum atomic E-state index is -3.69. The number of anilines is 1. The molecular formula is C23H25NO3S2. The molecule has 1 unspecified atom stereocenters. The molecule has 1 heterocycles. The second-order valence-corrected chi connectivity index (χ2v) is 10.7. The van der Waals surface area contributed by atoms with Crippen molar-refractivity contribution in [2.45, 2.75) is 51.3 Å². The molecule has 4 rings (SSSR count). The summed E-state index contributed by atoms with van der Waals surface area (Å²) in [6, 6.07) is 10.5. The standard InChI is InChI=1S/C23H25NO3S2/c1-4-16-6-8-18-20(12-16)28-21-13-17(7-9-19(21)23(18)25)24-29(26,27)22-10-5-14(2)11-15(22)3/h5,7,9-11,13,16,24H,4,6,8,12H2,1-3H3. The molecule has 1 aliphatic carbocycles. The van der Waals surface area contributed by atoms with Crippen LogP contribution in [0.3, 0.4) is 0 Å². The van der Waals surface area contributed by atoms with Crippen molar-refractivity contribution in [2.24, 2.45) is 5.92 Å². The molecule has 0 fully saturated rings. The number of hydrogen-bond donors (Lipinski definition) is 1. The van der Waals surface area contributed by atoms with Gasteiger partial charge in [0, 0.05) is 20.5 Å². The number of benzene rings is 2. The number of aryl methyl sites for hydroxylation is 2. The maximum atomic E-state index is 12.9. The fraction of sp³-hybridized carbons (Fsp3) is 0.348. The molecule has 6 heteroatoms. The Morgan fingerprint density at radius 2 is 1.93 bits per heavy atom. The second kappa shape index (κ2) is 7.58. The van der Waals surface area contributed by atoms with Gasteiger partial charge in [0.2, 0.25) is 0 Å². The molecule has 0 bridgehead atoms. The molecule has 0 aliphatic heterocycles. The van der Waals surface area contributed by atoms with Crippen LogP contribution in [0.2, 0.25) is 0 Å². The molecule has 29 heavy (non-hydrogen) atoms. The molecule has 1 aromatic heterocycles. The maximum absolute atomic E-state index is 12.9. The molecule has 0 radical (unpaired) electrons. The topological polar surface area (TPSA) is 63.2 Å². The third-order valence-corrected chi connectivity index (χ3v) is 8.55. The molecular weight excluding hydrogens is 402 g/mol. The zero-order valence-corrected chi connectivity index (χ0v) is 18.5. The predicted octanol–water partition coefficient (Wildman–Crippen LogP) is 5.19. The van der Waals surface area contributed by atoms with E-state index >= 15 is 0 Å². The van der Waals surface area contributed by atoms with Crippen LogP contribution >= 0.6 is 11.3 Å². The summed E-state index contributed by atoms with van der Waals surface area (Å²) in [6.45, 7) is 5.93. The Kier molecular flexibility index (Phi) is 5.25. The molecule has 1 atom stereocenters. The van der Waals surface area contributed by atoms with E-state index in [1.54, 1.807) is 48.6 Å². The monoisotopic (exact) mass is 427 g/mol. The Hall–Kier alpha value is -2.18. The van der Waals surface area contributed by atoms with Gasteiger partial charge in [0.05, 0.1) is 10.6 Å². The minimum absolute atomic E-state index is 0.104. The van der Waals surface area contributed by atoms with Crippen LogP contribution in [0.4, 0.5) is 5.69 Å². The molecule has 0 saturated carbocycles. The number of sulfonamides is 1. The van der Waals surface area contributed by atoms with Crippen molar-refractivity contribution in [3.63, 3.8) is 0 Å². The number of nitrogens with one attached hydrogen (secondary N) is 1. The van der Waals surface area contributed by atoms with Crippen molar-refractivity contribution in [3.05, 3.63) is 68.2 Å². The Morgan fingerprint density at radius 1 is 1.14 bits per heavy atom. The number of rotatable bonds is 4. The van der Waals surface area contributed by atoms with E-state index in [1.165, 1.54) is 0 Å². The highest BCUT2D eigenvalue weighted by Gasteiger charge is 2.22. The van der Waals surface area contributed by atoms with Gasteiger partial charge in [-0.3, -0.25) is 9.52 Å². The first kappa shape index (κ1) is 20.1.